The number of aromatic nitrogens is 2. The number of nitrogens with one attached hydrogen (secondary N) is 5. The lowest BCUT2D eigenvalue weighted by Crippen LogP contribution is -2.48. The minimum absolute atomic E-state index is 0.199. The van der Waals surface area contributed by atoms with Gasteiger partial charge < -0.3 is 35.8 Å². The van der Waals surface area contributed by atoms with E-state index in [1.54, 1.807) is 36.4 Å². The Labute approximate surface area is 284 Å². The zero-order valence-corrected chi connectivity index (χ0v) is 28.1. The largest absolute Gasteiger partial charge is 0.478 e. The highest BCUT2D eigenvalue weighted by Gasteiger charge is 2.30. The molecule has 0 spiro atoms. The predicted molar refractivity (Wildman–Crippen MR) is 186 cm³/mol. The Morgan fingerprint density at radius 3 is 2.27 bits per heavy atom. The van der Waals surface area contributed by atoms with Gasteiger partial charge in [0.25, 0.3) is 0 Å². The summed E-state index contributed by atoms with van der Waals surface area (Å²) >= 11 is 0. The first-order valence-corrected chi connectivity index (χ1v) is 16.5. The molecule has 0 saturated heterocycles. The summed E-state index contributed by atoms with van der Waals surface area (Å²) in [6, 6.07) is 16.7. The van der Waals surface area contributed by atoms with Crippen LogP contribution >= 0.6 is 0 Å². The van der Waals surface area contributed by atoms with E-state index in [1.807, 2.05) is 52.0 Å². The number of hydrogen-bond donors (Lipinski definition) is 6. The number of carboxylic acids is 1. The van der Waals surface area contributed by atoms with Gasteiger partial charge in [0.1, 0.15) is 11.6 Å². The van der Waals surface area contributed by atoms with Crippen molar-refractivity contribution in [2.75, 3.05) is 11.9 Å². The second-order valence-electron chi connectivity index (χ2n) is 13.7. The monoisotopic (exact) mass is 669 g/mol. The van der Waals surface area contributed by atoms with Gasteiger partial charge in [0.05, 0.1) is 16.6 Å². The zero-order valence-electron chi connectivity index (χ0n) is 28.1. The van der Waals surface area contributed by atoms with Gasteiger partial charge in [0, 0.05) is 24.6 Å². The van der Waals surface area contributed by atoms with E-state index < -0.39 is 29.6 Å². The molecule has 1 unspecified atom stereocenters. The van der Waals surface area contributed by atoms with Crippen molar-refractivity contribution >= 4 is 40.6 Å². The third-order valence-corrected chi connectivity index (χ3v) is 8.75. The maximum absolute atomic E-state index is 13.7. The lowest BCUT2D eigenvalue weighted by Gasteiger charge is -2.29. The number of carboxylic acid groups (broad SMARTS) is 1. The highest BCUT2D eigenvalue weighted by molar-refractivity contribution is 5.99. The summed E-state index contributed by atoms with van der Waals surface area (Å²) in [7, 11) is 0. The van der Waals surface area contributed by atoms with Crippen LogP contribution in [-0.4, -0.2) is 57.1 Å². The van der Waals surface area contributed by atoms with Crippen LogP contribution in [0.4, 0.5) is 10.5 Å². The Kier molecular flexibility index (Phi) is 10.5. The molecular weight excluding hydrogens is 626 g/mol. The Morgan fingerprint density at radius 1 is 0.918 bits per heavy atom. The Morgan fingerprint density at radius 2 is 1.61 bits per heavy atom. The standard InChI is InChI=1S/C37H43N5O7/c1-21-17-26(34(45)46)13-15-28(21)24-9-5-22(6-10-24)18-31(33(44)39-27-14-16-29-30(19-27)42-35(47)41-29)40-32(43)25-11-7-23(8-12-25)20-38-36(48)49-37(2,3)4/h5-6,9-10,13-17,19,23,25,31H,7-8,11-12,18,20H2,1-4H3,(H,38,48)(H,39,44)(H,40,43)(H,45,46)(H2,41,42,47). The minimum Gasteiger partial charge on any atom is -0.478 e. The van der Waals surface area contributed by atoms with E-state index in [9.17, 15) is 29.1 Å². The first-order chi connectivity index (χ1) is 23.2. The summed E-state index contributed by atoms with van der Waals surface area (Å²) in [5, 5.41) is 18.0. The van der Waals surface area contributed by atoms with Crippen LogP contribution in [0.25, 0.3) is 22.2 Å². The number of carbonyl (C=O) groups is 4. The zero-order chi connectivity index (χ0) is 35.3. The van der Waals surface area contributed by atoms with Gasteiger partial charge in [0.15, 0.2) is 0 Å². The molecule has 3 amide bonds. The van der Waals surface area contributed by atoms with E-state index in [-0.39, 0.29) is 35.4 Å². The van der Waals surface area contributed by atoms with Gasteiger partial charge in [-0.2, -0.15) is 0 Å². The second kappa shape index (κ2) is 14.8. The molecule has 6 N–H and O–H groups in total. The average Bonchev–Trinajstić information content (AvgIpc) is 3.42. The third kappa shape index (κ3) is 9.37. The van der Waals surface area contributed by atoms with Crippen molar-refractivity contribution in [1.29, 1.82) is 0 Å². The number of hydrogen-bond acceptors (Lipinski definition) is 6. The van der Waals surface area contributed by atoms with E-state index in [4.69, 9.17) is 4.74 Å². The topological polar surface area (TPSA) is 182 Å². The molecule has 0 aliphatic heterocycles. The van der Waals surface area contributed by atoms with Crippen molar-refractivity contribution in [3.63, 3.8) is 0 Å². The highest BCUT2D eigenvalue weighted by Crippen LogP contribution is 2.29. The summed E-state index contributed by atoms with van der Waals surface area (Å²) in [6.45, 7) is 7.77. The summed E-state index contributed by atoms with van der Waals surface area (Å²) in [5.41, 5.74) is 4.37. The molecule has 1 aromatic heterocycles. The molecule has 1 heterocycles. The summed E-state index contributed by atoms with van der Waals surface area (Å²) < 4.78 is 5.33. The number of fused-ring (bicyclic) bond motifs is 1. The quantitative estimate of drug-likeness (QED) is 0.128. The van der Waals surface area contributed by atoms with E-state index in [0.717, 1.165) is 35.1 Å². The van der Waals surface area contributed by atoms with Gasteiger partial charge in [-0.25, -0.2) is 14.4 Å². The number of rotatable bonds is 10. The number of aryl methyl sites for hydroxylation is 1. The van der Waals surface area contributed by atoms with Crippen LogP contribution in [0.2, 0.25) is 0 Å². The number of aromatic amines is 2. The summed E-state index contributed by atoms with van der Waals surface area (Å²) in [4.78, 5) is 67.8. The molecule has 12 heteroatoms. The van der Waals surface area contributed by atoms with E-state index in [2.05, 4.69) is 25.9 Å². The number of anilines is 1. The smallest absolute Gasteiger partial charge is 0.407 e. The van der Waals surface area contributed by atoms with Crippen molar-refractivity contribution in [2.24, 2.45) is 11.8 Å². The number of alkyl carbamates (subject to hydrolysis) is 1. The molecule has 0 bridgehead atoms. The first kappa shape index (κ1) is 34.9. The molecule has 1 saturated carbocycles. The van der Waals surface area contributed by atoms with Crippen molar-refractivity contribution in [1.82, 2.24) is 20.6 Å². The van der Waals surface area contributed by atoms with Gasteiger partial charge in [-0.15, -0.1) is 0 Å². The number of H-pyrrole nitrogens is 2. The lowest BCUT2D eigenvalue weighted by molar-refractivity contribution is -0.130. The van der Waals surface area contributed by atoms with Crippen LogP contribution in [-0.2, 0) is 20.7 Å². The lowest BCUT2D eigenvalue weighted by atomic mass is 9.81. The number of carbonyl (C=O) groups excluding carboxylic acids is 3. The predicted octanol–water partition coefficient (Wildman–Crippen LogP) is 5.53. The molecule has 1 aliphatic rings. The molecule has 1 fully saturated rings. The van der Waals surface area contributed by atoms with Gasteiger partial charge in [-0.3, -0.25) is 9.59 Å². The van der Waals surface area contributed by atoms with Gasteiger partial charge >= 0.3 is 17.8 Å². The van der Waals surface area contributed by atoms with Gasteiger partial charge in [-0.1, -0.05) is 30.3 Å². The molecule has 258 valence electrons. The van der Waals surface area contributed by atoms with Crippen LogP contribution in [0.5, 0.6) is 0 Å². The molecule has 5 rings (SSSR count). The van der Waals surface area contributed by atoms with Crippen LogP contribution in [0.1, 0.15) is 67.9 Å². The number of ether oxygens (including phenoxy) is 1. The van der Waals surface area contributed by atoms with Crippen molar-refractivity contribution in [2.45, 2.75) is 71.4 Å². The average molecular weight is 670 g/mol. The fraction of sp³-hybridized carbons (Fsp3) is 0.378. The Hall–Kier alpha value is -5.39. The maximum atomic E-state index is 13.7. The highest BCUT2D eigenvalue weighted by atomic mass is 16.6. The van der Waals surface area contributed by atoms with Crippen LogP contribution in [0, 0.1) is 18.8 Å². The SMILES string of the molecule is Cc1cc(C(=O)O)ccc1-c1ccc(CC(NC(=O)C2CCC(CNC(=O)OC(C)(C)C)CC2)C(=O)Nc2ccc3[nH]c(=O)[nH]c3c2)cc1. The van der Waals surface area contributed by atoms with E-state index in [0.29, 0.717) is 36.1 Å². The summed E-state index contributed by atoms with van der Waals surface area (Å²) in [6.07, 6.45) is 2.55. The molecular formula is C37H43N5O7. The Balaban J connectivity index is 1.26. The van der Waals surface area contributed by atoms with Crippen LogP contribution in [0.3, 0.4) is 0 Å². The first-order valence-electron chi connectivity index (χ1n) is 16.5. The fourth-order valence-corrected chi connectivity index (χ4v) is 6.19. The molecule has 49 heavy (non-hydrogen) atoms. The number of benzene rings is 3. The van der Waals surface area contributed by atoms with Crippen LogP contribution in [0.15, 0.2) is 65.5 Å². The normalized spacial score (nSPS) is 16.8. The molecule has 3 aromatic carbocycles. The molecule has 12 nitrogen and oxygen atoms in total. The summed E-state index contributed by atoms with van der Waals surface area (Å²) in [5.74, 6) is -1.62. The molecule has 0 radical (unpaired) electrons. The minimum atomic E-state index is -0.985. The van der Waals surface area contributed by atoms with E-state index >= 15 is 0 Å². The number of amides is 3. The molecule has 1 aliphatic carbocycles. The van der Waals surface area contributed by atoms with E-state index in [1.165, 1.54) is 0 Å². The second-order valence-corrected chi connectivity index (χ2v) is 13.7. The number of aromatic carboxylic acids is 1. The Bertz CT molecular complexity index is 1900. The van der Waals surface area contributed by atoms with Crippen molar-refractivity contribution < 1.29 is 29.0 Å². The van der Waals surface area contributed by atoms with Crippen LogP contribution < -0.4 is 21.6 Å². The molecule has 4 aromatic rings. The maximum Gasteiger partial charge on any atom is 0.407 e. The fourth-order valence-electron chi connectivity index (χ4n) is 6.19. The van der Waals surface area contributed by atoms with Gasteiger partial charge in [-0.05, 0) is 112 Å². The van der Waals surface area contributed by atoms with Crippen molar-refractivity contribution in [3.05, 3.63) is 87.8 Å². The number of imidazole rings is 1. The van der Waals surface area contributed by atoms with Crippen molar-refractivity contribution in [3.8, 4) is 11.1 Å². The van der Waals surface area contributed by atoms with Gasteiger partial charge in [0.2, 0.25) is 11.8 Å². The third-order valence-electron chi connectivity index (χ3n) is 8.75. The molecule has 1 atom stereocenters.